The maximum atomic E-state index is 14.1. The topological polar surface area (TPSA) is 74.3 Å². The molecule has 0 radical (unpaired) electrons. The van der Waals surface area contributed by atoms with Crippen LogP contribution < -0.4 is 4.90 Å². The molecule has 2 N–H and O–H groups in total. The molecule has 1 saturated heterocycles. The second-order valence-corrected chi connectivity index (χ2v) is 7.12. The van der Waals surface area contributed by atoms with E-state index in [9.17, 15) is 13.9 Å². The van der Waals surface area contributed by atoms with Gasteiger partial charge in [0.15, 0.2) is 0 Å². The molecule has 0 saturated carbocycles. The van der Waals surface area contributed by atoms with Crippen molar-refractivity contribution in [1.82, 2.24) is 15.0 Å². The van der Waals surface area contributed by atoms with E-state index in [0.717, 1.165) is 6.92 Å². The molecule has 8 heteroatoms. The van der Waals surface area contributed by atoms with E-state index in [0.29, 0.717) is 53.6 Å². The third-order valence-electron chi connectivity index (χ3n) is 5.04. The molecule has 0 aliphatic carbocycles. The molecule has 0 spiro atoms. The third kappa shape index (κ3) is 3.33. The molecule has 4 rings (SSSR count). The molecule has 6 nitrogen and oxygen atoms in total. The highest BCUT2D eigenvalue weighted by molar-refractivity contribution is 5.86. The maximum Gasteiger partial charge on any atom is 0.272 e. The minimum Gasteiger partial charge on any atom is -0.394 e. The van der Waals surface area contributed by atoms with Gasteiger partial charge in [0, 0.05) is 36.3 Å². The van der Waals surface area contributed by atoms with Gasteiger partial charge in [-0.2, -0.15) is 0 Å². The van der Waals surface area contributed by atoms with Gasteiger partial charge in [0.25, 0.3) is 5.92 Å². The predicted octanol–water partition coefficient (Wildman–Crippen LogP) is 3.24. The molecule has 0 amide bonds. The average molecular weight is 388 g/mol. The number of aryl methyl sites for hydroxylation is 1. The van der Waals surface area contributed by atoms with Crippen LogP contribution in [-0.2, 0) is 10.7 Å². The Bertz CT molecular complexity index is 1000. The summed E-state index contributed by atoms with van der Waals surface area (Å²) >= 11 is 0. The van der Waals surface area contributed by atoms with E-state index in [1.807, 2.05) is 23.1 Å². The van der Waals surface area contributed by atoms with Gasteiger partial charge in [0.05, 0.1) is 37.1 Å². The number of hydrogen-bond acceptors (Lipinski definition) is 5. The smallest absolute Gasteiger partial charge is 0.272 e. The lowest BCUT2D eigenvalue weighted by atomic mass is 10.0. The molecular formula is C20H22F2N4O2. The van der Waals surface area contributed by atoms with Crippen LogP contribution in [0.1, 0.15) is 18.2 Å². The molecule has 1 aliphatic rings. The van der Waals surface area contributed by atoms with Crippen LogP contribution >= 0.6 is 0 Å². The summed E-state index contributed by atoms with van der Waals surface area (Å²) in [4.78, 5) is 13.9. The first-order valence-electron chi connectivity index (χ1n) is 9.18. The summed E-state index contributed by atoms with van der Waals surface area (Å²) in [6, 6.07) is 7.10. The number of nitrogens with one attached hydrogen (secondary N) is 1. The summed E-state index contributed by atoms with van der Waals surface area (Å²) in [5.41, 5.74) is 2.10. The normalized spacial score (nSPS) is 18.0. The van der Waals surface area contributed by atoms with Gasteiger partial charge in [-0.05, 0) is 25.1 Å². The monoisotopic (exact) mass is 388 g/mol. The number of H-pyrrole nitrogens is 1. The Morgan fingerprint density at radius 3 is 2.96 bits per heavy atom. The van der Waals surface area contributed by atoms with Gasteiger partial charge in [0.1, 0.15) is 11.5 Å². The first kappa shape index (κ1) is 18.8. The van der Waals surface area contributed by atoms with E-state index in [4.69, 9.17) is 9.72 Å². The molecule has 0 aromatic carbocycles. The van der Waals surface area contributed by atoms with E-state index >= 15 is 0 Å². The molecular weight excluding hydrogens is 366 g/mol. The minimum absolute atomic E-state index is 0.0308. The number of hydrogen-bond donors (Lipinski definition) is 2. The first-order valence-corrected chi connectivity index (χ1v) is 9.18. The Balaban J connectivity index is 1.76. The Hall–Kier alpha value is -2.58. The summed E-state index contributed by atoms with van der Waals surface area (Å²) in [5.74, 6) is -2.26. The van der Waals surface area contributed by atoms with Crippen molar-refractivity contribution in [2.45, 2.75) is 25.8 Å². The van der Waals surface area contributed by atoms with Gasteiger partial charge < -0.3 is 19.7 Å². The van der Waals surface area contributed by atoms with Crippen molar-refractivity contribution >= 4 is 16.9 Å². The average Bonchev–Trinajstić information content (AvgIpc) is 3.03. The van der Waals surface area contributed by atoms with Crippen molar-refractivity contribution in [2.75, 3.05) is 31.3 Å². The maximum absolute atomic E-state index is 14.1. The minimum atomic E-state index is -2.97. The van der Waals surface area contributed by atoms with Crippen LogP contribution in [0, 0.1) is 6.92 Å². The highest BCUT2D eigenvalue weighted by Gasteiger charge is 2.31. The molecule has 148 valence electrons. The zero-order chi connectivity index (χ0) is 19.9. The van der Waals surface area contributed by atoms with Gasteiger partial charge in [-0.25, -0.2) is 18.7 Å². The van der Waals surface area contributed by atoms with E-state index in [2.05, 4.69) is 9.97 Å². The van der Waals surface area contributed by atoms with E-state index in [1.54, 1.807) is 19.2 Å². The number of fused-ring (bicyclic) bond motifs is 1. The Labute approximate surface area is 161 Å². The second kappa shape index (κ2) is 7.10. The predicted molar refractivity (Wildman–Crippen MR) is 103 cm³/mol. The highest BCUT2D eigenvalue weighted by atomic mass is 19.3. The number of aromatic amines is 1. The number of halogens is 2. The van der Waals surface area contributed by atoms with E-state index in [-0.39, 0.29) is 18.2 Å². The fraction of sp³-hybridized carbons (Fsp3) is 0.400. The number of anilines is 1. The van der Waals surface area contributed by atoms with Gasteiger partial charge in [-0.15, -0.1) is 0 Å². The molecule has 1 fully saturated rings. The number of aliphatic hydroxyl groups excluding tert-OH is 1. The van der Waals surface area contributed by atoms with Crippen LogP contribution in [-0.4, -0.2) is 52.5 Å². The fourth-order valence-corrected chi connectivity index (χ4v) is 3.75. The Kier molecular flexibility index (Phi) is 4.76. The lowest BCUT2D eigenvalue weighted by Gasteiger charge is -2.35. The molecule has 3 aromatic heterocycles. The van der Waals surface area contributed by atoms with Crippen LogP contribution in [0.2, 0.25) is 0 Å². The van der Waals surface area contributed by atoms with Crippen molar-refractivity contribution in [3.63, 3.8) is 0 Å². The molecule has 0 bridgehead atoms. The number of pyridine rings is 2. The second-order valence-electron chi connectivity index (χ2n) is 7.12. The van der Waals surface area contributed by atoms with Crippen molar-refractivity contribution in [3.05, 3.63) is 41.7 Å². The number of alkyl halides is 2. The number of morpholine rings is 1. The van der Waals surface area contributed by atoms with Gasteiger partial charge in [-0.3, -0.25) is 0 Å². The van der Waals surface area contributed by atoms with Crippen LogP contribution in [0.4, 0.5) is 14.6 Å². The summed E-state index contributed by atoms with van der Waals surface area (Å²) in [5, 5.41) is 10.0. The summed E-state index contributed by atoms with van der Waals surface area (Å²) < 4.78 is 33.6. The number of nitrogens with zero attached hydrogens (tertiary/aromatic N) is 3. The quantitative estimate of drug-likeness (QED) is 0.718. The van der Waals surface area contributed by atoms with Crippen molar-refractivity contribution in [2.24, 2.45) is 0 Å². The summed E-state index contributed by atoms with van der Waals surface area (Å²) in [7, 11) is 0. The molecule has 1 unspecified atom stereocenters. The third-order valence-corrected chi connectivity index (χ3v) is 5.04. The SMILES string of the molecule is Cc1[nH]c2ncc(-c3cccc(N4CCOCC4CO)n3)cc2c1C(C)(F)F. The Morgan fingerprint density at radius 1 is 1.39 bits per heavy atom. The molecule has 1 aliphatic heterocycles. The van der Waals surface area contributed by atoms with Crippen molar-refractivity contribution < 1.29 is 18.6 Å². The van der Waals surface area contributed by atoms with Crippen LogP contribution in [0.15, 0.2) is 30.5 Å². The molecule has 3 aromatic rings. The van der Waals surface area contributed by atoms with Crippen molar-refractivity contribution in [3.8, 4) is 11.3 Å². The van der Waals surface area contributed by atoms with Gasteiger partial charge in [-0.1, -0.05) is 6.07 Å². The van der Waals surface area contributed by atoms with E-state index < -0.39 is 5.92 Å². The summed E-state index contributed by atoms with van der Waals surface area (Å²) in [6.07, 6.45) is 1.63. The lowest BCUT2D eigenvalue weighted by Crippen LogP contribution is -2.48. The van der Waals surface area contributed by atoms with Gasteiger partial charge in [0.2, 0.25) is 0 Å². The highest BCUT2D eigenvalue weighted by Crippen LogP contribution is 2.36. The lowest BCUT2D eigenvalue weighted by molar-refractivity contribution is 0.0184. The van der Waals surface area contributed by atoms with Crippen molar-refractivity contribution in [1.29, 1.82) is 0 Å². The zero-order valence-corrected chi connectivity index (χ0v) is 15.7. The number of ether oxygens (including phenoxy) is 1. The van der Waals surface area contributed by atoms with E-state index in [1.165, 1.54) is 0 Å². The van der Waals surface area contributed by atoms with Crippen LogP contribution in [0.25, 0.3) is 22.3 Å². The fourth-order valence-electron chi connectivity index (χ4n) is 3.75. The standard InChI is InChI=1S/C20H22F2N4O2/c1-12-18(20(2,21)22)15-8-13(9-23-19(15)24-12)16-4-3-5-17(25-16)26-6-7-28-11-14(26)10-27/h3-5,8-9,14,27H,6-7,10-11H2,1-2H3,(H,23,24). The number of aliphatic hydroxyl groups is 1. The zero-order valence-electron chi connectivity index (χ0n) is 15.7. The summed E-state index contributed by atoms with van der Waals surface area (Å²) in [6.45, 7) is 4.11. The first-order chi connectivity index (χ1) is 13.4. The molecule has 1 atom stereocenters. The van der Waals surface area contributed by atoms with Gasteiger partial charge >= 0.3 is 0 Å². The largest absolute Gasteiger partial charge is 0.394 e. The van der Waals surface area contributed by atoms with Crippen LogP contribution in [0.3, 0.4) is 0 Å². The molecule has 4 heterocycles. The Morgan fingerprint density at radius 2 is 2.21 bits per heavy atom. The molecule has 28 heavy (non-hydrogen) atoms. The number of aromatic nitrogens is 3. The number of rotatable bonds is 4. The van der Waals surface area contributed by atoms with Crippen LogP contribution in [0.5, 0.6) is 0 Å².